The largest absolute Gasteiger partial charge is 0.388 e. The van der Waals surface area contributed by atoms with Gasteiger partial charge >= 0.3 is 0 Å². The number of hydrogen-bond acceptors (Lipinski definition) is 2. The SMILES string of the molecule is CCCCOCCn1ccc(C(O)C(C)C)c1. The van der Waals surface area contributed by atoms with E-state index in [1.54, 1.807) is 0 Å². The van der Waals surface area contributed by atoms with Gasteiger partial charge in [0.05, 0.1) is 12.7 Å². The normalized spacial score (nSPS) is 13.2. The van der Waals surface area contributed by atoms with Crippen LogP contribution in [0.1, 0.15) is 45.3 Å². The third-order valence-corrected chi connectivity index (χ3v) is 2.88. The predicted molar refractivity (Wildman–Crippen MR) is 70.0 cm³/mol. The standard InChI is InChI=1S/C14H25NO2/c1-4-5-9-17-10-8-15-7-6-13(11-15)14(16)12(2)3/h6-7,11-12,14,16H,4-5,8-10H2,1-3H3. The van der Waals surface area contributed by atoms with Gasteiger partial charge in [-0.3, -0.25) is 0 Å². The average Bonchev–Trinajstić information content (AvgIpc) is 2.76. The molecule has 17 heavy (non-hydrogen) atoms. The minimum atomic E-state index is -0.364. The first-order valence-electron chi connectivity index (χ1n) is 6.56. The molecule has 3 nitrogen and oxygen atoms in total. The molecule has 0 bridgehead atoms. The summed E-state index contributed by atoms with van der Waals surface area (Å²) in [6.45, 7) is 8.65. The lowest BCUT2D eigenvalue weighted by atomic mass is 10.0. The zero-order valence-electron chi connectivity index (χ0n) is 11.2. The number of aliphatic hydroxyl groups excluding tert-OH is 1. The van der Waals surface area contributed by atoms with Crippen molar-refractivity contribution in [1.82, 2.24) is 4.57 Å². The highest BCUT2D eigenvalue weighted by Gasteiger charge is 2.12. The molecule has 3 heteroatoms. The minimum Gasteiger partial charge on any atom is -0.388 e. The van der Waals surface area contributed by atoms with E-state index in [0.29, 0.717) is 0 Å². The molecule has 1 N–H and O–H groups in total. The number of nitrogens with zero attached hydrogens (tertiary/aromatic N) is 1. The van der Waals surface area contributed by atoms with E-state index < -0.39 is 0 Å². The maximum absolute atomic E-state index is 9.91. The van der Waals surface area contributed by atoms with Crippen molar-refractivity contribution >= 4 is 0 Å². The van der Waals surface area contributed by atoms with Gasteiger partial charge in [0.15, 0.2) is 0 Å². The first kappa shape index (κ1) is 14.3. The highest BCUT2D eigenvalue weighted by atomic mass is 16.5. The lowest BCUT2D eigenvalue weighted by Gasteiger charge is -2.12. The molecule has 1 rings (SSSR count). The quantitative estimate of drug-likeness (QED) is 0.708. The summed E-state index contributed by atoms with van der Waals surface area (Å²) < 4.78 is 7.59. The lowest BCUT2D eigenvalue weighted by molar-refractivity contribution is 0.121. The van der Waals surface area contributed by atoms with E-state index in [9.17, 15) is 5.11 Å². The number of unbranched alkanes of at least 4 members (excludes halogenated alkanes) is 1. The van der Waals surface area contributed by atoms with E-state index in [1.165, 1.54) is 6.42 Å². The van der Waals surface area contributed by atoms with Gasteiger partial charge in [-0.25, -0.2) is 0 Å². The summed E-state index contributed by atoms with van der Waals surface area (Å²) in [6.07, 6.45) is 5.95. The molecule has 0 spiro atoms. The molecule has 0 aliphatic carbocycles. The number of hydrogen-bond donors (Lipinski definition) is 1. The molecule has 0 aliphatic heterocycles. The second-order valence-electron chi connectivity index (χ2n) is 4.84. The first-order valence-corrected chi connectivity index (χ1v) is 6.56. The van der Waals surface area contributed by atoms with Crippen LogP contribution in [0.15, 0.2) is 18.5 Å². The van der Waals surface area contributed by atoms with Crippen LogP contribution in [-0.4, -0.2) is 22.9 Å². The first-order chi connectivity index (χ1) is 8.15. The van der Waals surface area contributed by atoms with Crippen LogP contribution < -0.4 is 0 Å². The van der Waals surface area contributed by atoms with Crippen molar-refractivity contribution in [2.75, 3.05) is 13.2 Å². The van der Waals surface area contributed by atoms with Crippen molar-refractivity contribution in [2.24, 2.45) is 5.92 Å². The van der Waals surface area contributed by atoms with Gasteiger partial charge < -0.3 is 14.4 Å². The molecule has 1 atom stereocenters. The molecular weight excluding hydrogens is 214 g/mol. The molecule has 0 amide bonds. The van der Waals surface area contributed by atoms with Gasteiger partial charge in [-0.15, -0.1) is 0 Å². The maximum Gasteiger partial charge on any atom is 0.0827 e. The molecule has 1 unspecified atom stereocenters. The van der Waals surface area contributed by atoms with E-state index in [4.69, 9.17) is 4.74 Å². The van der Waals surface area contributed by atoms with Crippen LogP contribution >= 0.6 is 0 Å². The Kier molecular flexibility index (Phi) is 6.30. The summed E-state index contributed by atoms with van der Waals surface area (Å²) in [4.78, 5) is 0. The predicted octanol–water partition coefficient (Wildman–Crippen LogP) is 2.99. The number of aromatic nitrogens is 1. The maximum atomic E-state index is 9.91. The fourth-order valence-corrected chi connectivity index (χ4v) is 1.68. The fourth-order valence-electron chi connectivity index (χ4n) is 1.68. The molecule has 1 heterocycles. The summed E-state index contributed by atoms with van der Waals surface area (Å²) in [5, 5.41) is 9.91. The molecule has 0 saturated carbocycles. The van der Waals surface area contributed by atoms with Crippen LogP contribution in [0.3, 0.4) is 0 Å². The van der Waals surface area contributed by atoms with Crippen molar-refractivity contribution in [2.45, 2.75) is 46.3 Å². The van der Waals surface area contributed by atoms with E-state index >= 15 is 0 Å². The van der Waals surface area contributed by atoms with E-state index in [0.717, 1.165) is 31.7 Å². The van der Waals surface area contributed by atoms with Crippen molar-refractivity contribution in [3.05, 3.63) is 24.0 Å². The van der Waals surface area contributed by atoms with E-state index in [1.807, 2.05) is 32.3 Å². The molecule has 1 aromatic heterocycles. The monoisotopic (exact) mass is 239 g/mol. The van der Waals surface area contributed by atoms with Crippen LogP contribution in [-0.2, 0) is 11.3 Å². The Balaban J connectivity index is 2.31. The molecule has 0 radical (unpaired) electrons. The second kappa shape index (κ2) is 7.51. The summed E-state index contributed by atoms with van der Waals surface area (Å²) in [5.74, 6) is 0.256. The smallest absolute Gasteiger partial charge is 0.0827 e. The van der Waals surface area contributed by atoms with Gasteiger partial charge in [-0.2, -0.15) is 0 Å². The topological polar surface area (TPSA) is 34.4 Å². The van der Waals surface area contributed by atoms with Crippen molar-refractivity contribution in [3.63, 3.8) is 0 Å². The van der Waals surface area contributed by atoms with Crippen LogP contribution in [0, 0.1) is 5.92 Å². The summed E-state index contributed by atoms with van der Waals surface area (Å²) >= 11 is 0. The Morgan fingerprint density at radius 3 is 2.76 bits per heavy atom. The Morgan fingerprint density at radius 2 is 2.12 bits per heavy atom. The molecule has 0 aliphatic rings. The number of rotatable bonds is 8. The van der Waals surface area contributed by atoms with E-state index in [2.05, 4.69) is 11.5 Å². The van der Waals surface area contributed by atoms with Crippen molar-refractivity contribution < 1.29 is 9.84 Å². The van der Waals surface area contributed by atoms with Gasteiger partial charge in [0.2, 0.25) is 0 Å². The highest BCUT2D eigenvalue weighted by molar-refractivity contribution is 5.14. The molecule has 1 aromatic rings. The summed E-state index contributed by atoms with van der Waals surface area (Å²) in [7, 11) is 0. The number of aliphatic hydroxyl groups is 1. The molecular formula is C14H25NO2. The zero-order chi connectivity index (χ0) is 12.7. The Bertz CT molecular complexity index is 307. The van der Waals surface area contributed by atoms with E-state index in [-0.39, 0.29) is 12.0 Å². The molecule has 98 valence electrons. The minimum absolute atomic E-state index is 0.256. The Labute approximate surface area is 104 Å². The van der Waals surface area contributed by atoms with Crippen LogP contribution in [0.4, 0.5) is 0 Å². The Hall–Kier alpha value is -0.800. The average molecular weight is 239 g/mol. The fraction of sp³-hybridized carbons (Fsp3) is 0.714. The summed E-state index contributed by atoms with van der Waals surface area (Å²) in [6, 6.07) is 1.98. The van der Waals surface area contributed by atoms with Crippen molar-refractivity contribution in [1.29, 1.82) is 0 Å². The Morgan fingerprint density at radius 1 is 1.35 bits per heavy atom. The third-order valence-electron chi connectivity index (χ3n) is 2.88. The molecule has 0 saturated heterocycles. The second-order valence-corrected chi connectivity index (χ2v) is 4.84. The number of ether oxygens (including phenoxy) is 1. The van der Waals surface area contributed by atoms with Crippen molar-refractivity contribution in [3.8, 4) is 0 Å². The van der Waals surface area contributed by atoms with Crippen LogP contribution in [0.25, 0.3) is 0 Å². The van der Waals surface area contributed by atoms with Gasteiger partial charge in [0.1, 0.15) is 0 Å². The van der Waals surface area contributed by atoms with Crippen LogP contribution in [0.2, 0.25) is 0 Å². The third kappa shape index (κ3) is 4.92. The molecule has 0 aromatic carbocycles. The van der Waals surface area contributed by atoms with Gasteiger partial charge in [0, 0.05) is 25.5 Å². The van der Waals surface area contributed by atoms with Gasteiger partial charge in [0.25, 0.3) is 0 Å². The molecule has 0 fully saturated rings. The lowest BCUT2D eigenvalue weighted by Crippen LogP contribution is -2.06. The highest BCUT2D eigenvalue weighted by Crippen LogP contribution is 2.21. The summed E-state index contributed by atoms with van der Waals surface area (Å²) in [5.41, 5.74) is 0.994. The van der Waals surface area contributed by atoms with Crippen LogP contribution in [0.5, 0.6) is 0 Å². The van der Waals surface area contributed by atoms with Gasteiger partial charge in [-0.1, -0.05) is 27.2 Å². The zero-order valence-corrected chi connectivity index (χ0v) is 11.2. The van der Waals surface area contributed by atoms with Gasteiger partial charge in [-0.05, 0) is 24.0 Å².